The quantitative estimate of drug-likeness (QED) is 0.499. The number of carbonyl (C=O) groups is 3. The first-order valence-electron chi connectivity index (χ1n) is 6.79. The molecule has 0 saturated heterocycles. The molecule has 0 bridgehead atoms. The molecule has 2 N–H and O–H groups in total. The highest BCUT2D eigenvalue weighted by Gasteiger charge is 2.17. The third-order valence-corrected chi connectivity index (χ3v) is 3.36. The van der Waals surface area contributed by atoms with E-state index in [2.05, 4.69) is 5.32 Å². The van der Waals surface area contributed by atoms with Crippen molar-refractivity contribution in [3.63, 3.8) is 0 Å². The molecular formula is C17H14ClNO4. The third kappa shape index (κ3) is 4.40. The summed E-state index contributed by atoms with van der Waals surface area (Å²) in [4.78, 5) is 35.4. The van der Waals surface area contributed by atoms with Crippen LogP contribution < -0.4 is 5.32 Å². The molecule has 118 valence electrons. The van der Waals surface area contributed by atoms with E-state index in [1.54, 1.807) is 12.1 Å². The number of benzene rings is 2. The van der Waals surface area contributed by atoms with Crippen molar-refractivity contribution in [2.75, 3.05) is 5.32 Å². The van der Waals surface area contributed by atoms with Gasteiger partial charge in [-0.3, -0.25) is 14.4 Å². The molecule has 0 unspecified atom stereocenters. The van der Waals surface area contributed by atoms with Crippen molar-refractivity contribution >= 4 is 34.8 Å². The second-order valence-electron chi connectivity index (χ2n) is 4.94. The molecule has 2 aromatic rings. The van der Waals surface area contributed by atoms with Crippen LogP contribution in [0.4, 0.5) is 5.69 Å². The monoisotopic (exact) mass is 331 g/mol. The summed E-state index contributed by atoms with van der Waals surface area (Å²) in [6.45, 7) is 1.33. The molecule has 0 aliphatic heterocycles. The summed E-state index contributed by atoms with van der Waals surface area (Å²) in [7, 11) is 0. The molecule has 0 aromatic heterocycles. The minimum absolute atomic E-state index is 0.0152. The van der Waals surface area contributed by atoms with E-state index < -0.39 is 12.2 Å². The SMILES string of the molecule is CC(=O)Nc1ccc(O)c(C(=O)CC(=O)c2ccc(Cl)cc2)c1. The van der Waals surface area contributed by atoms with Crippen molar-refractivity contribution < 1.29 is 19.5 Å². The van der Waals surface area contributed by atoms with E-state index in [-0.39, 0.29) is 23.0 Å². The average Bonchev–Trinajstić information content (AvgIpc) is 2.49. The number of ketones is 2. The summed E-state index contributed by atoms with van der Waals surface area (Å²) in [5.41, 5.74) is 0.719. The second-order valence-corrected chi connectivity index (χ2v) is 5.38. The Morgan fingerprint density at radius 1 is 1.04 bits per heavy atom. The fourth-order valence-corrected chi connectivity index (χ4v) is 2.15. The van der Waals surface area contributed by atoms with Gasteiger partial charge in [0, 0.05) is 23.2 Å². The predicted molar refractivity (Wildman–Crippen MR) is 87.1 cm³/mol. The molecule has 2 aromatic carbocycles. The van der Waals surface area contributed by atoms with Crippen LogP contribution in [0, 0.1) is 0 Å². The van der Waals surface area contributed by atoms with Gasteiger partial charge in [0.2, 0.25) is 5.91 Å². The highest BCUT2D eigenvalue weighted by atomic mass is 35.5. The number of phenolic OH excluding ortho intramolecular Hbond substituents is 1. The molecule has 0 fully saturated rings. The van der Waals surface area contributed by atoms with Gasteiger partial charge in [0.25, 0.3) is 0 Å². The molecule has 0 radical (unpaired) electrons. The van der Waals surface area contributed by atoms with Crippen LogP contribution in [0.3, 0.4) is 0 Å². The molecule has 1 amide bonds. The van der Waals surface area contributed by atoms with Gasteiger partial charge in [0.05, 0.1) is 12.0 Å². The Morgan fingerprint density at radius 3 is 2.30 bits per heavy atom. The number of Topliss-reactive ketones (excluding diaryl/α,β-unsaturated/α-hetero) is 2. The summed E-state index contributed by atoms with van der Waals surface area (Å²) >= 11 is 5.75. The number of aromatic hydroxyl groups is 1. The Hall–Kier alpha value is -2.66. The van der Waals surface area contributed by atoms with Crippen molar-refractivity contribution in [2.45, 2.75) is 13.3 Å². The van der Waals surface area contributed by atoms with Gasteiger partial charge in [-0.1, -0.05) is 11.6 Å². The zero-order valence-corrected chi connectivity index (χ0v) is 13.1. The lowest BCUT2D eigenvalue weighted by Gasteiger charge is -2.07. The number of hydrogen-bond donors (Lipinski definition) is 2. The normalized spacial score (nSPS) is 10.2. The molecule has 5 nitrogen and oxygen atoms in total. The minimum Gasteiger partial charge on any atom is -0.507 e. The Kier molecular flexibility index (Phi) is 5.13. The van der Waals surface area contributed by atoms with Gasteiger partial charge in [0.1, 0.15) is 5.75 Å². The Bertz CT molecular complexity index is 769. The van der Waals surface area contributed by atoms with Crippen LogP contribution in [0.2, 0.25) is 5.02 Å². The lowest BCUT2D eigenvalue weighted by molar-refractivity contribution is -0.114. The standard InChI is InChI=1S/C17H14ClNO4/c1-10(20)19-13-6-7-15(21)14(8-13)17(23)9-16(22)11-2-4-12(18)5-3-11/h2-8,21H,9H2,1H3,(H,19,20). The maximum atomic E-state index is 12.2. The summed E-state index contributed by atoms with van der Waals surface area (Å²) < 4.78 is 0. The van der Waals surface area contributed by atoms with E-state index in [1.807, 2.05) is 0 Å². The molecule has 0 saturated carbocycles. The van der Waals surface area contributed by atoms with Crippen LogP contribution in [-0.2, 0) is 4.79 Å². The van der Waals surface area contributed by atoms with Gasteiger partial charge in [-0.05, 0) is 42.5 Å². The van der Waals surface area contributed by atoms with E-state index in [1.165, 1.54) is 37.3 Å². The Balaban J connectivity index is 2.18. The van der Waals surface area contributed by atoms with Crippen LogP contribution in [-0.4, -0.2) is 22.6 Å². The van der Waals surface area contributed by atoms with Gasteiger partial charge >= 0.3 is 0 Å². The molecule has 0 aliphatic rings. The van der Waals surface area contributed by atoms with E-state index in [4.69, 9.17) is 11.6 Å². The summed E-state index contributed by atoms with van der Waals surface area (Å²) in [5, 5.41) is 12.8. The van der Waals surface area contributed by atoms with Gasteiger partial charge in [-0.2, -0.15) is 0 Å². The number of nitrogens with one attached hydrogen (secondary N) is 1. The van der Waals surface area contributed by atoms with Crippen LogP contribution >= 0.6 is 11.6 Å². The molecular weight excluding hydrogens is 318 g/mol. The molecule has 23 heavy (non-hydrogen) atoms. The third-order valence-electron chi connectivity index (χ3n) is 3.10. The largest absolute Gasteiger partial charge is 0.507 e. The van der Waals surface area contributed by atoms with Crippen molar-refractivity contribution in [3.8, 4) is 5.75 Å². The van der Waals surface area contributed by atoms with E-state index in [9.17, 15) is 19.5 Å². The molecule has 0 heterocycles. The van der Waals surface area contributed by atoms with Crippen molar-refractivity contribution in [2.24, 2.45) is 0 Å². The van der Waals surface area contributed by atoms with Gasteiger partial charge in [0.15, 0.2) is 11.6 Å². The maximum Gasteiger partial charge on any atom is 0.221 e. The molecule has 0 atom stereocenters. The van der Waals surface area contributed by atoms with Crippen LogP contribution in [0.5, 0.6) is 5.75 Å². The lowest BCUT2D eigenvalue weighted by atomic mass is 10.0. The lowest BCUT2D eigenvalue weighted by Crippen LogP contribution is -2.10. The van der Waals surface area contributed by atoms with E-state index >= 15 is 0 Å². The minimum atomic E-state index is -0.533. The predicted octanol–water partition coefficient (Wildman–Crippen LogP) is 3.46. The van der Waals surface area contributed by atoms with Gasteiger partial charge in [-0.15, -0.1) is 0 Å². The number of rotatable bonds is 5. The van der Waals surface area contributed by atoms with Crippen LogP contribution in [0.25, 0.3) is 0 Å². The highest BCUT2D eigenvalue weighted by Crippen LogP contribution is 2.23. The molecule has 0 aliphatic carbocycles. The topological polar surface area (TPSA) is 83.5 Å². The molecule has 0 spiro atoms. The van der Waals surface area contributed by atoms with Crippen molar-refractivity contribution in [3.05, 3.63) is 58.6 Å². The highest BCUT2D eigenvalue weighted by molar-refractivity contribution is 6.30. The zero-order chi connectivity index (χ0) is 17.0. The maximum absolute atomic E-state index is 12.2. The Labute approximate surface area is 137 Å². The molecule has 6 heteroatoms. The summed E-state index contributed by atoms with van der Waals surface area (Å²) in [6.07, 6.45) is -0.390. The van der Waals surface area contributed by atoms with Crippen molar-refractivity contribution in [1.82, 2.24) is 0 Å². The van der Waals surface area contributed by atoms with Crippen molar-refractivity contribution in [1.29, 1.82) is 0 Å². The first-order chi connectivity index (χ1) is 10.9. The summed E-state index contributed by atoms with van der Waals surface area (Å²) in [6, 6.07) is 10.3. The summed E-state index contributed by atoms with van der Waals surface area (Å²) in [5.74, 6) is -1.45. The fraction of sp³-hybridized carbons (Fsp3) is 0.118. The van der Waals surface area contributed by atoms with Gasteiger partial charge < -0.3 is 10.4 Å². The number of amides is 1. The number of halogens is 1. The first kappa shape index (κ1) is 16.7. The molecule has 2 rings (SSSR count). The number of phenols is 1. The van der Waals surface area contributed by atoms with Gasteiger partial charge in [-0.25, -0.2) is 0 Å². The second kappa shape index (κ2) is 7.07. The Morgan fingerprint density at radius 2 is 1.70 bits per heavy atom. The number of carbonyl (C=O) groups excluding carboxylic acids is 3. The zero-order valence-electron chi connectivity index (χ0n) is 12.3. The van der Waals surface area contributed by atoms with Crippen LogP contribution in [0.15, 0.2) is 42.5 Å². The number of anilines is 1. The number of hydrogen-bond acceptors (Lipinski definition) is 4. The first-order valence-corrected chi connectivity index (χ1v) is 7.17. The van der Waals surface area contributed by atoms with Crippen LogP contribution in [0.1, 0.15) is 34.1 Å². The smallest absolute Gasteiger partial charge is 0.221 e. The average molecular weight is 332 g/mol. The van der Waals surface area contributed by atoms with E-state index in [0.717, 1.165) is 0 Å². The fourth-order valence-electron chi connectivity index (χ4n) is 2.02. The van der Waals surface area contributed by atoms with E-state index in [0.29, 0.717) is 16.3 Å².